The molecule has 1 saturated carbocycles. The minimum atomic E-state index is -0.443. The highest BCUT2D eigenvalue weighted by Gasteiger charge is 2.30. The van der Waals surface area contributed by atoms with Crippen LogP contribution in [0.1, 0.15) is 71.9 Å². The van der Waals surface area contributed by atoms with Crippen LogP contribution in [0.3, 0.4) is 0 Å². The minimum absolute atomic E-state index is 0.0797. The molecule has 2 fully saturated rings. The Bertz CT molecular complexity index is 937. The number of benzene rings is 1. The standard InChI is InChI=1S/C23H27ClFN3O2S/c24-18-7-6-17(19(25)12-18)13-26-21(29)20-14-31-22(27-20)15-8-10-28(11-9-15)23(30)16-4-2-1-3-5-16/h6-7,12,14-16H,1-5,8-11,13H2,(H,26,29). The smallest absolute Gasteiger partial charge is 0.271 e. The average molecular weight is 464 g/mol. The molecule has 2 heterocycles. The largest absolute Gasteiger partial charge is 0.346 e. The van der Waals surface area contributed by atoms with Crippen LogP contribution in [-0.4, -0.2) is 34.8 Å². The average Bonchev–Trinajstić information content (AvgIpc) is 3.29. The van der Waals surface area contributed by atoms with E-state index in [1.807, 2.05) is 4.90 Å². The molecule has 0 radical (unpaired) electrons. The van der Waals surface area contributed by atoms with Crippen molar-refractivity contribution in [3.8, 4) is 0 Å². The third kappa shape index (κ3) is 5.44. The van der Waals surface area contributed by atoms with Gasteiger partial charge in [0.15, 0.2) is 0 Å². The van der Waals surface area contributed by atoms with E-state index < -0.39 is 5.82 Å². The fraction of sp³-hybridized carbons (Fsp3) is 0.522. The Morgan fingerprint density at radius 2 is 1.90 bits per heavy atom. The van der Waals surface area contributed by atoms with Crippen LogP contribution in [0.2, 0.25) is 5.02 Å². The first-order chi connectivity index (χ1) is 15.0. The van der Waals surface area contributed by atoms with Crippen molar-refractivity contribution >= 4 is 34.8 Å². The van der Waals surface area contributed by atoms with Gasteiger partial charge in [0.1, 0.15) is 11.5 Å². The Kier molecular flexibility index (Phi) is 7.23. The van der Waals surface area contributed by atoms with Crippen molar-refractivity contribution in [2.24, 2.45) is 5.92 Å². The van der Waals surface area contributed by atoms with Gasteiger partial charge in [-0.15, -0.1) is 11.3 Å². The quantitative estimate of drug-likeness (QED) is 0.666. The molecule has 1 aromatic carbocycles. The molecule has 0 bridgehead atoms. The number of rotatable bonds is 5. The molecule has 166 valence electrons. The fourth-order valence-corrected chi connectivity index (χ4v) is 5.60. The SMILES string of the molecule is O=C(NCc1ccc(Cl)cc1F)c1csc(C2CCN(C(=O)C3CCCCC3)CC2)n1. The first-order valence-electron chi connectivity index (χ1n) is 11.0. The number of carbonyl (C=O) groups is 2. The van der Waals surface area contributed by atoms with E-state index in [-0.39, 0.29) is 24.3 Å². The lowest BCUT2D eigenvalue weighted by Gasteiger charge is -2.34. The second kappa shape index (κ2) is 10.1. The Hall–Kier alpha value is -1.99. The molecule has 8 heteroatoms. The lowest BCUT2D eigenvalue weighted by atomic mass is 9.87. The molecule has 1 saturated heterocycles. The summed E-state index contributed by atoms with van der Waals surface area (Å²) < 4.78 is 13.9. The van der Waals surface area contributed by atoms with Crippen molar-refractivity contribution in [1.29, 1.82) is 0 Å². The van der Waals surface area contributed by atoms with E-state index in [1.54, 1.807) is 17.5 Å². The van der Waals surface area contributed by atoms with Crippen LogP contribution < -0.4 is 5.32 Å². The molecule has 0 unspecified atom stereocenters. The van der Waals surface area contributed by atoms with E-state index in [1.165, 1.54) is 36.7 Å². The molecule has 2 aromatic rings. The molecule has 0 atom stereocenters. The molecule has 4 rings (SSSR count). The monoisotopic (exact) mass is 463 g/mol. The zero-order valence-corrected chi connectivity index (χ0v) is 19.0. The van der Waals surface area contributed by atoms with Gasteiger partial charge in [-0.05, 0) is 37.8 Å². The summed E-state index contributed by atoms with van der Waals surface area (Å²) in [5.74, 6) is 0.0523. The first-order valence-corrected chi connectivity index (χ1v) is 12.2. The predicted octanol–water partition coefficient (Wildman–Crippen LogP) is 5.15. The van der Waals surface area contributed by atoms with Gasteiger partial charge in [-0.3, -0.25) is 9.59 Å². The van der Waals surface area contributed by atoms with Gasteiger partial charge in [-0.2, -0.15) is 0 Å². The van der Waals surface area contributed by atoms with E-state index in [9.17, 15) is 14.0 Å². The van der Waals surface area contributed by atoms with Gasteiger partial charge >= 0.3 is 0 Å². The highest BCUT2D eigenvalue weighted by molar-refractivity contribution is 7.09. The zero-order chi connectivity index (χ0) is 21.8. The number of hydrogen-bond donors (Lipinski definition) is 1. The maximum Gasteiger partial charge on any atom is 0.271 e. The van der Waals surface area contributed by atoms with Crippen molar-refractivity contribution in [1.82, 2.24) is 15.2 Å². The normalized spacial score (nSPS) is 18.2. The molecule has 1 aliphatic carbocycles. The lowest BCUT2D eigenvalue weighted by Crippen LogP contribution is -2.41. The van der Waals surface area contributed by atoms with E-state index in [0.717, 1.165) is 43.8 Å². The topological polar surface area (TPSA) is 62.3 Å². The van der Waals surface area contributed by atoms with Crippen LogP contribution in [0.5, 0.6) is 0 Å². The van der Waals surface area contributed by atoms with Crippen molar-refractivity contribution in [3.05, 3.63) is 50.7 Å². The van der Waals surface area contributed by atoms with Gasteiger partial charge in [-0.25, -0.2) is 9.37 Å². The highest BCUT2D eigenvalue weighted by atomic mass is 35.5. The number of amides is 2. The number of piperidine rings is 1. The number of halogens is 2. The predicted molar refractivity (Wildman–Crippen MR) is 120 cm³/mol. The van der Waals surface area contributed by atoms with Gasteiger partial charge in [0, 0.05) is 47.4 Å². The van der Waals surface area contributed by atoms with Crippen molar-refractivity contribution in [2.75, 3.05) is 13.1 Å². The van der Waals surface area contributed by atoms with Crippen LogP contribution in [0.4, 0.5) is 4.39 Å². The molecule has 1 aromatic heterocycles. The van der Waals surface area contributed by atoms with Crippen LogP contribution >= 0.6 is 22.9 Å². The van der Waals surface area contributed by atoms with Crippen LogP contribution in [0.25, 0.3) is 0 Å². The number of aromatic nitrogens is 1. The molecule has 1 N–H and O–H groups in total. The summed E-state index contributed by atoms with van der Waals surface area (Å²) in [6.45, 7) is 1.60. The van der Waals surface area contributed by atoms with Crippen molar-refractivity contribution in [2.45, 2.75) is 57.4 Å². The van der Waals surface area contributed by atoms with E-state index in [4.69, 9.17) is 11.6 Å². The molecule has 2 aliphatic rings. The number of carbonyl (C=O) groups excluding carboxylic acids is 2. The Morgan fingerprint density at radius 1 is 1.16 bits per heavy atom. The van der Waals surface area contributed by atoms with Gasteiger partial charge in [0.2, 0.25) is 5.91 Å². The minimum Gasteiger partial charge on any atom is -0.346 e. The summed E-state index contributed by atoms with van der Waals surface area (Å²) in [4.78, 5) is 31.7. The maximum absolute atomic E-state index is 13.9. The summed E-state index contributed by atoms with van der Waals surface area (Å²) in [6.07, 6.45) is 7.41. The Labute approximate surface area is 191 Å². The fourth-order valence-electron chi connectivity index (χ4n) is 4.47. The summed E-state index contributed by atoms with van der Waals surface area (Å²) in [5, 5.41) is 5.73. The van der Waals surface area contributed by atoms with Gasteiger partial charge in [0.25, 0.3) is 5.91 Å². The van der Waals surface area contributed by atoms with Crippen molar-refractivity contribution < 1.29 is 14.0 Å². The molecule has 2 amide bonds. The first kappa shape index (κ1) is 22.2. The Balaban J connectivity index is 1.28. The van der Waals surface area contributed by atoms with Crippen LogP contribution in [0.15, 0.2) is 23.6 Å². The van der Waals surface area contributed by atoms with Gasteiger partial charge in [-0.1, -0.05) is 36.9 Å². The van der Waals surface area contributed by atoms with Gasteiger partial charge in [0.05, 0.1) is 5.01 Å². The number of nitrogens with one attached hydrogen (secondary N) is 1. The zero-order valence-electron chi connectivity index (χ0n) is 17.4. The number of thiazole rings is 1. The van der Waals surface area contributed by atoms with E-state index in [2.05, 4.69) is 10.3 Å². The maximum atomic E-state index is 13.9. The second-order valence-corrected chi connectivity index (χ2v) is 9.75. The van der Waals surface area contributed by atoms with Crippen molar-refractivity contribution in [3.63, 3.8) is 0 Å². The van der Waals surface area contributed by atoms with E-state index >= 15 is 0 Å². The molecule has 0 spiro atoms. The number of likely N-dealkylation sites (tertiary alicyclic amines) is 1. The van der Waals surface area contributed by atoms with Crippen LogP contribution in [0, 0.1) is 11.7 Å². The molecular formula is C23H27ClFN3O2S. The Morgan fingerprint density at radius 3 is 2.61 bits per heavy atom. The second-order valence-electron chi connectivity index (χ2n) is 8.42. The number of nitrogens with zero attached hydrogens (tertiary/aromatic N) is 2. The van der Waals surface area contributed by atoms with E-state index in [0.29, 0.717) is 22.2 Å². The lowest BCUT2D eigenvalue weighted by molar-refractivity contribution is -0.137. The number of hydrogen-bond acceptors (Lipinski definition) is 4. The molecule has 1 aliphatic heterocycles. The molecular weight excluding hydrogens is 437 g/mol. The third-order valence-corrected chi connectivity index (χ3v) is 7.56. The summed E-state index contributed by atoms with van der Waals surface area (Å²) in [6, 6.07) is 4.39. The van der Waals surface area contributed by atoms with Gasteiger partial charge < -0.3 is 10.2 Å². The summed E-state index contributed by atoms with van der Waals surface area (Å²) >= 11 is 7.24. The summed E-state index contributed by atoms with van der Waals surface area (Å²) in [7, 11) is 0. The molecule has 5 nitrogen and oxygen atoms in total. The van der Waals surface area contributed by atoms with Crippen LogP contribution in [-0.2, 0) is 11.3 Å². The highest BCUT2D eigenvalue weighted by Crippen LogP contribution is 2.32. The third-order valence-electron chi connectivity index (χ3n) is 6.32. The molecule has 31 heavy (non-hydrogen) atoms. The summed E-state index contributed by atoms with van der Waals surface area (Å²) in [5.41, 5.74) is 0.735.